The van der Waals surface area contributed by atoms with Gasteiger partial charge in [0.15, 0.2) is 0 Å². The van der Waals surface area contributed by atoms with Crippen molar-refractivity contribution in [2.75, 3.05) is 6.61 Å². The summed E-state index contributed by atoms with van der Waals surface area (Å²) >= 11 is 0. The maximum atomic E-state index is 8.98. The smallest absolute Gasteiger partial charge is 0.212 e. The zero-order chi connectivity index (χ0) is 16.9. The van der Waals surface area contributed by atoms with E-state index in [4.69, 9.17) is 9.84 Å². The van der Waals surface area contributed by atoms with E-state index in [9.17, 15) is 0 Å². The van der Waals surface area contributed by atoms with Crippen LogP contribution in [0.5, 0.6) is 5.88 Å². The Labute approximate surface area is 141 Å². The van der Waals surface area contributed by atoms with Crippen LogP contribution in [0.4, 0.5) is 0 Å². The SMILES string of the molecule is CC(C)n1nc(CCCO)cc1OCc1ccc2ccccc2n1. The van der Waals surface area contributed by atoms with Gasteiger partial charge in [-0.15, -0.1) is 0 Å². The lowest BCUT2D eigenvalue weighted by Crippen LogP contribution is -2.08. The van der Waals surface area contributed by atoms with Gasteiger partial charge in [-0.2, -0.15) is 5.10 Å². The highest BCUT2D eigenvalue weighted by atomic mass is 16.5. The van der Waals surface area contributed by atoms with Crippen LogP contribution in [-0.2, 0) is 13.0 Å². The van der Waals surface area contributed by atoms with Crippen LogP contribution in [0.3, 0.4) is 0 Å². The first kappa shape index (κ1) is 16.5. The van der Waals surface area contributed by atoms with Crippen LogP contribution in [0.1, 0.15) is 37.7 Å². The summed E-state index contributed by atoms with van der Waals surface area (Å²) < 4.78 is 7.85. The van der Waals surface area contributed by atoms with Gasteiger partial charge in [0.25, 0.3) is 0 Å². The third kappa shape index (κ3) is 3.74. The molecular weight excluding hydrogens is 302 g/mol. The number of pyridine rings is 1. The molecule has 3 rings (SSSR count). The lowest BCUT2D eigenvalue weighted by Gasteiger charge is -2.11. The lowest BCUT2D eigenvalue weighted by atomic mass is 10.2. The zero-order valence-corrected chi connectivity index (χ0v) is 14.1. The normalized spacial score (nSPS) is 11.3. The Hall–Kier alpha value is -2.40. The molecule has 1 aromatic carbocycles. The van der Waals surface area contributed by atoms with Crippen molar-refractivity contribution in [2.24, 2.45) is 0 Å². The number of aliphatic hydroxyl groups is 1. The van der Waals surface area contributed by atoms with Gasteiger partial charge < -0.3 is 9.84 Å². The second-order valence-electron chi connectivity index (χ2n) is 6.12. The van der Waals surface area contributed by atoms with Gasteiger partial charge in [0.1, 0.15) is 6.61 Å². The Morgan fingerprint density at radius 2 is 1.96 bits per heavy atom. The summed E-state index contributed by atoms with van der Waals surface area (Å²) in [7, 11) is 0. The predicted octanol–water partition coefficient (Wildman–Crippen LogP) is 3.52. The average molecular weight is 325 g/mol. The Balaban J connectivity index is 1.75. The fourth-order valence-corrected chi connectivity index (χ4v) is 2.62. The molecule has 1 N–H and O–H groups in total. The van der Waals surface area contributed by atoms with Crippen LogP contribution in [0, 0.1) is 0 Å². The predicted molar refractivity (Wildman–Crippen MR) is 94.1 cm³/mol. The van der Waals surface area contributed by atoms with E-state index >= 15 is 0 Å². The quantitative estimate of drug-likeness (QED) is 0.722. The lowest BCUT2D eigenvalue weighted by molar-refractivity contribution is 0.261. The topological polar surface area (TPSA) is 60.2 Å². The Kier molecular flexibility index (Phi) is 5.11. The number of aryl methyl sites for hydroxylation is 1. The first-order valence-electron chi connectivity index (χ1n) is 8.34. The Bertz CT molecular complexity index is 811. The van der Waals surface area contributed by atoms with Gasteiger partial charge in [-0.1, -0.05) is 24.3 Å². The molecule has 0 spiro atoms. The largest absolute Gasteiger partial charge is 0.471 e. The van der Waals surface area contributed by atoms with Crippen molar-refractivity contribution < 1.29 is 9.84 Å². The first-order chi connectivity index (χ1) is 11.7. The molecule has 0 aliphatic heterocycles. The molecule has 0 bridgehead atoms. The molecule has 0 amide bonds. The van der Waals surface area contributed by atoms with E-state index in [0.717, 1.165) is 34.6 Å². The Morgan fingerprint density at radius 1 is 1.12 bits per heavy atom. The monoisotopic (exact) mass is 325 g/mol. The van der Waals surface area contributed by atoms with E-state index in [2.05, 4.69) is 30.0 Å². The van der Waals surface area contributed by atoms with E-state index in [0.29, 0.717) is 13.0 Å². The molecule has 0 aliphatic carbocycles. The molecule has 2 aromatic heterocycles. The van der Waals surface area contributed by atoms with E-state index < -0.39 is 0 Å². The summed E-state index contributed by atoms with van der Waals surface area (Å²) in [6, 6.07) is 14.3. The summed E-state index contributed by atoms with van der Waals surface area (Å²) in [6.45, 7) is 4.72. The minimum atomic E-state index is 0.172. The number of fused-ring (bicyclic) bond motifs is 1. The van der Waals surface area contributed by atoms with Crippen LogP contribution < -0.4 is 4.74 Å². The molecule has 3 aromatic rings. The molecule has 2 heterocycles. The van der Waals surface area contributed by atoms with Crippen LogP contribution in [0.15, 0.2) is 42.5 Å². The number of ether oxygens (including phenoxy) is 1. The Morgan fingerprint density at radius 3 is 2.75 bits per heavy atom. The molecule has 126 valence electrons. The van der Waals surface area contributed by atoms with Crippen LogP contribution in [-0.4, -0.2) is 26.5 Å². The fourth-order valence-electron chi connectivity index (χ4n) is 2.62. The standard InChI is InChI=1S/C19H23N3O2/c1-14(2)22-19(12-16(21-22)7-5-11-23)24-13-17-10-9-15-6-3-4-8-18(15)20-17/h3-4,6,8-10,12,14,23H,5,7,11,13H2,1-2H3. The molecule has 5 heteroatoms. The number of benzene rings is 1. The molecule has 24 heavy (non-hydrogen) atoms. The number of hydrogen-bond donors (Lipinski definition) is 1. The molecule has 5 nitrogen and oxygen atoms in total. The maximum absolute atomic E-state index is 8.98. The number of aliphatic hydroxyl groups excluding tert-OH is 1. The summed E-state index contributed by atoms with van der Waals surface area (Å²) in [5.41, 5.74) is 2.81. The van der Waals surface area contributed by atoms with Crippen molar-refractivity contribution in [3.05, 3.63) is 53.9 Å². The number of nitrogens with zero attached hydrogens (tertiary/aromatic N) is 3. The zero-order valence-electron chi connectivity index (χ0n) is 14.1. The van der Waals surface area contributed by atoms with Gasteiger partial charge in [-0.3, -0.25) is 0 Å². The van der Waals surface area contributed by atoms with Crippen LogP contribution in [0.2, 0.25) is 0 Å². The minimum Gasteiger partial charge on any atom is -0.471 e. The van der Waals surface area contributed by atoms with Crippen molar-refractivity contribution in [3.8, 4) is 5.88 Å². The third-order valence-electron chi connectivity index (χ3n) is 3.86. The third-order valence-corrected chi connectivity index (χ3v) is 3.86. The molecule has 0 aliphatic rings. The van der Waals surface area contributed by atoms with Crippen molar-refractivity contribution in [2.45, 2.75) is 39.3 Å². The van der Waals surface area contributed by atoms with Crippen molar-refractivity contribution in [1.29, 1.82) is 0 Å². The molecule has 0 fully saturated rings. The van der Waals surface area contributed by atoms with Crippen LogP contribution >= 0.6 is 0 Å². The molecule has 0 atom stereocenters. The molecular formula is C19H23N3O2. The number of para-hydroxylation sites is 1. The molecule has 0 unspecified atom stereocenters. The highest BCUT2D eigenvalue weighted by Gasteiger charge is 2.12. The minimum absolute atomic E-state index is 0.172. The van der Waals surface area contributed by atoms with E-state index in [1.165, 1.54) is 0 Å². The number of rotatable bonds is 7. The second kappa shape index (κ2) is 7.45. The van der Waals surface area contributed by atoms with Crippen molar-refractivity contribution in [1.82, 2.24) is 14.8 Å². The highest BCUT2D eigenvalue weighted by Crippen LogP contribution is 2.21. The summed E-state index contributed by atoms with van der Waals surface area (Å²) in [6.07, 6.45) is 1.46. The van der Waals surface area contributed by atoms with Gasteiger partial charge >= 0.3 is 0 Å². The molecule has 0 radical (unpaired) electrons. The highest BCUT2D eigenvalue weighted by molar-refractivity contribution is 5.78. The van der Waals surface area contributed by atoms with Gasteiger partial charge in [-0.05, 0) is 38.8 Å². The maximum Gasteiger partial charge on any atom is 0.212 e. The second-order valence-corrected chi connectivity index (χ2v) is 6.12. The summed E-state index contributed by atoms with van der Waals surface area (Å²) in [5.74, 6) is 0.743. The van der Waals surface area contributed by atoms with Gasteiger partial charge in [-0.25, -0.2) is 9.67 Å². The van der Waals surface area contributed by atoms with Crippen molar-refractivity contribution in [3.63, 3.8) is 0 Å². The van der Waals surface area contributed by atoms with Crippen LogP contribution in [0.25, 0.3) is 10.9 Å². The molecule has 0 saturated carbocycles. The van der Waals surface area contributed by atoms with E-state index in [1.54, 1.807) is 0 Å². The van der Waals surface area contributed by atoms with Gasteiger partial charge in [0, 0.05) is 18.1 Å². The summed E-state index contributed by atoms with van der Waals surface area (Å²) in [4.78, 5) is 4.63. The average Bonchev–Trinajstić information content (AvgIpc) is 3.01. The van der Waals surface area contributed by atoms with Crippen molar-refractivity contribution >= 4 is 10.9 Å². The van der Waals surface area contributed by atoms with E-state index in [1.807, 2.05) is 41.1 Å². The fraction of sp³-hybridized carbons (Fsp3) is 0.368. The van der Waals surface area contributed by atoms with E-state index in [-0.39, 0.29) is 12.6 Å². The number of aromatic nitrogens is 3. The molecule has 0 saturated heterocycles. The van der Waals surface area contributed by atoms with Gasteiger partial charge in [0.2, 0.25) is 5.88 Å². The number of hydrogen-bond acceptors (Lipinski definition) is 4. The summed E-state index contributed by atoms with van der Waals surface area (Å²) in [5, 5.41) is 14.7. The first-order valence-corrected chi connectivity index (χ1v) is 8.34. The van der Waals surface area contributed by atoms with Gasteiger partial charge in [0.05, 0.1) is 22.9 Å².